The Labute approximate surface area is 102 Å². The van der Waals surface area contributed by atoms with Crippen LogP contribution < -0.4 is 11.5 Å². The Morgan fingerprint density at radius 1 is 1.25 bits per heavy atom. The van der Waals surface area contributed by atoms with Crippen LogP contribution in [0.15, 0.2) is 29.2 Å². The summed E-state index contributed by atoms with van der Waals surface area (Å²) in [5.41, 5.74) is 12.1. The monoisotopic (exact) mass is 264 g/mol. The molecule has 0 fully saturated rings. The molecule has 16 heavy (non-hydrogen) atoms. The summed E-state index contributed by atoms with van der Waals surface area (Å²) >= 11 is 0. The highest BCUT2D eigenvalue weighted by atomic mass is 35.5. The zero-order valence-corrected chi connectivity index (χ0v) is 10.7. The number of rotatable bonds is 4. The summed E-state index contributed by atoms with van der Waals surface area (Å²) in [6, 6.07) is 6.48. The zero-order chi connectivity index (χ0) is 11.5. The number of hydrogen-bond acceptors (Lipinski definition) is 4. The average molecular weight is 265 g/mol. The highest BCUT2D eigenvalue weighted by molar-refractivity contribution is 7.90. The van der Waals surface area contributed by atoms with Crippen molar-refractivity contribution < 1.29 is 8.42 Å². The largest absolute Gasteiger partial charge is 0.330 e. The first kappa shape index (κ1) is 15.4. The first-order valence-electron chi connectivity index (χ1n) is 4.71. The van der Waals surface area contributed by atoms with E-state index in [0.717, 1.165) is 5.56 Å². The van der Waals surface area contributed by atoms with Crippen molar-refractivity contribution in [1.29, 1.82) is 0 Å². The third kappa shape index (κ3) is 4.09. The molecule has 0 aliphatic rings. The van der Waals surface area contributed by atoms with Gasteiger partial charge in [0.1, 0.15) is 0 Å². The van der Waals surface area contributed by atoms with Gasteiger partial charge in [-0.3, -0.25) is 0 Å². The number of halogens is 1. The minimum absolute atomic E-state index is 0. The van der Waals surface area contributed by atoms with Crippen molar-refractivity contribution in [3.63, 3.8) is 0 Å². The summed E-state index contributed by atoms with van der Waals surface area (Å²) < 4.78 is 22.4. The first-order valence-corrected chi connectivity index (χ1v) is 6.60. The molecule has 92 valence electrons. The van der Waals surface area contributed by atoms with E-state index in [2.05, 4.69) is 0 Å². The molecular formula is C10H17ClN2O2S. The molecule has 0 amide bonds. The lowest BCUT2D eigenvalue weighted by Gasteiger charge is -2.10. The second-order valence-electron chi connectivity index (χ2n) is 3.53. The van der Waals surface area contributed by atoms with Gasteiger partial charge < -0.3 is 11.5 Å². The molecule has 0 radical (unpaired) electrons. The van der Waals surface area contributed by atoms with E-state index in [1.54, 1.807) is 24.3 Å². The molecule has 1 rings (SSSR count). The van der Waals surface area contributed by atoms with E-state index in [9.17, 15) is 8.42 Å². The van der Waals surface area contributed by atoms with Crippen molar-refractivity contribution in [2.24, 2.45) is 11.5 Å². The van der Waals surface area contributed by atoms with Crippen molar-refractivity contribution in [1.82, 2.24) is 0 Å². The van der Waals surface area contributed by atoms with Gasteiger partial charge in [0.05, 0.1) is 4.90 Å². The lowest BCUT2D eigenvalue weighted by Crippen LogP contribution is -2.15. The van der Waals surface area contributed by atoms with Gasteiger partial charge in [-0.1, -0.05) is 12.1 Å². The van der Waals surface area contributed by atoms with Crippen LogP contribution in [0.2, 0.25) is 0 Å². The molecule has 1 aromatic rings. The summed E-state index contributed by atoms with van der Waals surface area (Å²) in [4.78, 5) is 0.311. The van der Waals surface area contributed by atoms with Gasteiger partial charge in [0.25, 0.3) is 0 Å². The van der Waals surface area contributed by atoms with Crippen LogP contribution in [-0.4, -0.2) is 21.2 Å². The second-order valence-corrected chi connectivity index (χ2v) is 5.54. The Kier molecular flexibility index (Phi) is 5.96. The first-order chi connectivity index (χ1) is 6.95. The number of hydrogen-bond donors (Lipinski definition) is 2. The van der Waals surface area contributed by atoms with Crippen LogP contribution in [-0.2, 0) is 9.84 Å². The van der Waals surface area contributed by atoms with E-state index in [1.165, 1.54) is 6.26 Å². The molecule has 0 heterocycles. The maximum absolute atomic E-state index is 11.2. The lowest BCUT2D eigenvalue weighted by molar-refractivity contribution is 0.601. The van der Waals surface area contributed by atoms with Gasteiger partial charge in [-0.15, -0.1) is 12.4 Å². The third-order valence-electron chi connectivity index (χ3n) is 2.21. The minimum Gasteiger partial charge on any atom is -0.330 e. The number of benzene rings is 1. The van der Waals surface area contributed by atoms with Crippen LogP contribution in [0.4, 0.5) is 0 Å². The van der Waals surface area contributed by atoms with E-state index >= 15 is 0 Å². The normalized spacial score (nSPS) is 12.9. The zero-order valence-electron chi connectivity index (χ0n) is 9.09. The molecule has 4 N–H and O–H groups in total. The Bertz CT molecular complexity index is 417. The molecule has 0 aliphatic heterocycles. The molecule has 6 heteroatoms. The van der Waals surface area contributed by atoms with Gasteiger partial charge in [-0.2, -0.15) is 0 Å². The molecule has 1 aromatic carbocycles. The summed E-state index contributed by atoms with van der Waals surface area (Å²) in [7, 11) is -3.12. The number of nitrogens with two attached hydrogens (primary N) is 2. The minimum atomic E-state index is -3.12. The molecule has 0 spiro atoms. The summed E-state index contributed by atoms with van der Waals surface area (Å²) in [5, 5.41) is 0. The molecule has 0 saturated carbocycles. The lowest BCUT2D eigenvalue weighted by atomic mass is 10.1. The van der Waals surface area contributed by atoms with Crippen molar-refractivity contribution in [3.8, 4) is 0 Å². The van der Waals surface area contributed by atoms with Gasteiger partial charge in [0.15, 0.2) is 9.84 Å². The SMILES string of the molecule is CS(=O)(=O)c1ccc([C@H](N)CCN)cc1.Cl. The van der Waals surface area contributed by atoms with Gasteiger partial charge in [0.2, 0.25) is 0 Å². The number of sulfone groups is 1. The second kappa shape index (κ2) is 6.20. The van der Waals surface area contributed by atoms with Crippen LogP contribution in [0, 0.1) is 0 Å². The van der Waals surface area contributed by atoms with E-state index in [-0.39, 0.29) is 18.4 Å². The van der Waals surface area contributed by atoms with Crippen LogP contribution in [0.3, 0.4) is 0 Å². The molecular weight excluding hydrogens is 248 g/mol. The Morgan fingerprint density at radius 3 is 2.12 bits per heavy atom. The summed E-state index contributed by atoms with van der Waals surface area (Å²) in [5.74, 6) is 0. The standard InChI is InChI=1S/C10H16N2O2S.ClH/c1-15(13,14)9-4-2-8(3-5-9)10(12)6-7-11;/h2-5,10H,6-7,11-12H2,1H3;1H/t10-;/m1./s1. The fourth-order valence-corrected chi connectivity index (χ4v) is 1.94. The Hall–Kier alpha value is -0.620. The van der Waals surface area contributed by atoms with E-state index in [1.807, 2.05) is 0 Å². The Balaban J connectivity index is 0.00000225. The molecule has 0 aliphatic carbocycles. The molecule has 0 aromatic heterocycles. The van der Waals surface area contributed by atoms with Gasteiger partial charge >= 0.3 is 0 Å². The van der Waals surface area contributed by atoms with Crippen LogP contribution in [0.5, 0.6) is 0 Å². The summed E-state index contributed by atoms with van der Waals surface area (Å²) in [6.07, 6.45) is 1.88. The van der Waals surface area contributed by atoms with Gasteiger partial charge in [0, 0.05) is 12.3 Å². The highest BCUT2D eigenvalue weighted by Crippen LogP contribution is 2.16. The highest BCUT2D eigenvalue weighted by Gasteiger charge is 2.08. The van der Waals surface area contributed by atoms with E-state index in [0.29, 0.717) is 17.9 Å². The summed E-state index contributed by atoms with van der Waals surface area (Å²) in [6.45, 7) is 0.523. The van der Waals surface area contributed by atoms with Crippen molar-refractivity contribution >= 4 is 22.2 Å². The fourth-order valence-electron chi connectivity index (χ4n) is 1.31. The van der Waals surface area contributed by atoms with Crippen LogP contribution in [0.1, 0.15) is 18.0 Å². The van der Waals surface area contributed by atoms with Crippen molar-refractivity contribution in [2.75, 3.05) is 12.8 Å². The quantitative estimate of drug-likeness (QED) is 0.845. The van der Waals surface area contributed by atoms with Gasteiger partial charge in [-0.25, -0.2) is 8.42 Å². The predicted molar refractivity (Wildman–Crippen MR) is 67.4 cm³/mol. The van der Waals surface area contributed by atoms with Crippen molar-refractivity contribution in [3.05, 3.63) is 29.8 Å². The maximum atomic E-state index is 11.2. The molecule has 0 bridgehead atoms. The average Bonchev–Trinajstić information content (AvgIpc) is 2.17. The van der Waals surface area contributed by atoms with Gasteiger partial charge in [-0.05, 0) is 30.7 Å². The molecule has 0 saturated heterocycles. The van der Waals surface area contributed by atoms with E-state index in [4.69, 9.17) is 11.5 Å². The van der Waals surface area contributed by atoms with Crippen LogP contribution in [0.25, 0.3) is 0 Å². The van der Waals surface area contributed by atoms with E-state index < -0.39 is 9.84 Å². The predicted octanol–water partition coefficient (Wildman–Crippen LogP) is 0.861. The molecule has 0 unspecified atom stereocenters. The molecule has 4 nitrogen and oxygen atoms in total. The fraction of sp³-hybridized carbons (Fsp3) is 0.400. The molecule has 1 atom stereocenters. The van der Waals surface area contributed by atoms with Crippen LogP contribution >= 0.6 is 12.4 Å². The van der Waals surface area contributed by atoms with Crippen molar-refractivity contribution in [2.45, 2.75) is 17.4 Å². The topological polar surface area (TPSA) is 86.2 Å². The maximum Gasteiger partial charge on any atom is 0.175 e. The third-order valence-corrected chi connectivity index (χ3v) is 3.34. The Morgan fingerprint density at radius 2 is 1.75 bits per heavy atom. The smallest absolute Gasteiger partial charge is 0.175 e.